The molecule has 0 bridgehead atoms. The Bertz CT molecular complexity index is 944. The Hall–Kier alpha value is -2.11. The van der Waals surface area contributed by atoms with Gasteiger partial charge in [0.25, 0.3) is 0 Å². The third kappa shape index (κ3) is 7.51. The lowest BCUT2D eigenvalue weighted by atomic mass is 10.0. The molecular weight excluding hydrogens is 468 g/mol. The van der Waals surface area contributed by atoms with Gasteiger partial charge >= 0.3 is 0 Å². The fourth-order valence-corrected chi connectivity index (χ4v) is 4.33. The van der Waals surface area contributed by atoms with E-state index < -0.39 is 0 Å². The average Bonchev–Trinajstić information content (AvgIpc) is 2.77. The summed E-state index contributed by atoms with van der Waals surface area (Å²) in [6.07, 6.45) is 1.03. The molecule has 3 rings (SSSR count). The summed E-state index contributed by atoms with van der Waals surface area (Å²) in [6, 6.07) is 20.9. The predicted octanol–water partition coefficient (Wildman–Crippen LogP) is 8.13. The Labute approximate surface area is 199 Å². The first-order valence-corrected chi connectivity index (χ1v) is 12.2. The van der Waals surface area contributed by atoms with E-state index in [4.69, 9.17) is 10.5 Å². The maximum absolute atomic E-state index is 6.25. The highest BCUT2D eigenvalue weighted by atomic mass is 79.9. The Morgan fingerprint density at radius 3 is 2.26 bits per heavy atom. The van der Waals surface area contributed by atoms with E-state index in [2.05, 4.69) is 85.3 Å². The van der Waals surface area contributed by atoms with Gasteiger partial charge in [0.15, 0.2) is 0 Å². The zero-order valence-corrected chi connectivity index (χ0v) is 21.4. The van der Waals surface area contributed by atoms with Crippen LogP contribution in [0.25, 0.3) is 0 Å². The summed E-state index contributed by atoms with van der Waals surface area (Å²) in [5.41, 5.74) is 10.5. The van der Waals surface area contributed by atoms with Gasteiger partial charge in [0, 0.05) is 16.3 Å². The smallest absolute Gasteiger partial charge is 0.145 e. The number of halogens is 1. The van der Waals surface area contributed by atoms with Crippen molar-refractivity contribution in [2.75, 3.05) is 24.7 Å². The minimum absolute atomic E-state index is 0.653. The van der Waals surface area contributed by atoms with Crippen LogP contribution in [0.4, 0.5) is 11.4 Å². The fraction of sp³-hybridized carbons (Fsp3) is 0.308. The van der Waals surface area contributed by atoms with E-state index in [1.807, 2.05) is 24.3 Å². The van der Waals surface area contributed by atoms with Crippen molar-refractivity contribution in [1.82, 2.24) is 0 Å². The molecule has 0 unspecified atom stereocenters. The van der Waals surface area contributed by atoms with Crippen LogP contribution < -0.4 is 15.8 Å². The quantitative estimate of drug-likeness (QED) is 0.321. The molecule has 3 N–H and O–H groups in total. The van der Waals surface area contributed by atoms with Crippen LogP contribution in [-0.2, 0) is 0 Å². The van der Waals surface area contributed by atoms with Crippen molar-refractivity contribution in [3.8, 4) is 5.75 Å². The lowest BCUT2D eigenvalue weighted by Gasteiger charge is -2.17. The standard InChI is InChI=1S/C16H19BrN2OS.C10H14/c1-3-9-19-16-12(20-2)10-13(14(17)15(16)18)21-11-7-5-4-6-8-11;1-8(2)10-6-4-9(3)5-7-10/h4-8,10,19H,3,9,18H2,1-2H3;4-8H,1-3H3. The molecule has 0 aliphatic carbocycles. The van der Waals surface area contributed by atoms with Gasteiger partial charge in [0.05, 0.1) is 17.3 Å². The molecule has 0 heterocycles. The van der Waals surface area contributed by atoms with Gasteiger partial charge in [-0.3, -0.25) is 0 Å². The molecule has 0 amide bonds. The highest BCUT2D eigenvalue weighted by molar-refractivity contribution is 9.10. The number of nitrogens with two attached hydrogens (primary N) is 1. The van der Waals surface area contributed by atoms with Crippen LogP contribution in [0.2, 0.25) is 0 Å². The number of methoxy groups -OCH3 is 1. The Balaban J connectivity index is 0.000000285. The molecule has 5 heteroatoms. The van der Waals surface area contributed by atoms with Crippen molar-refractivity contribution < 1.29 is 4.74 Å². The van der Waals surface area contributed by atoms with E-state index in [1.165, 1.54) is 11.1 Å². The third-order valence-corrected chi connectivity index (χ3v) is 6.88. The molecule has 0 atom stereocenters. The monoisotopic (exact) mass is 500 g/mol. The highest BCUT2D eigenvalue weighted by Crippen LogP contribution is 2.45. The van der Waals surface area contributed by atoms with E-state index in [0.29, 0.717) is 11.6 Å². The van der Waals surface area contributed by atoms with E-state index in [0.717, 1.165) is 38.7 Å². The van der Waals surface area contributed by atoms with Gasteiger partial charge in [-0.15, -0.1) is 0 Å². The summed E-state index contributed by atoms with van der Waals surface area (Å²) in [6.45, 7) is 9.52. The van der Waals surface area contributed by atoms with Crippen molar-refractivity contribution >= 4 is 39.1 Å². The molecule has 0 saturated heterocycles. The molecule has 3 nitrogen and oxygen atoms in total. The molecule has 0 saturated carbocycles. The lowest BCUT2D eigenvalue weighted by molar-refractivity contribution is 0.415. The van der Waals surface area contributed by atoms with Gasteiger partial charge in [-0.25, -0.2) is 0 Å². The number of aryl methyl sites for hydroxylation is 1. The highest BCUT2D eigenvalue weighted by Gasteiger charge is 2.15. The molecule has 166 valence electrons. The maximum atomic E-state index is 6.25. The van der Waals surface area contributed by atoms with E-state index >= 15 is 0 Å². The summed E-state index contributed by atoms with van der Waals surface area (Å²) in [7, 11) is 1.66. The largest absolute Gasteiger partial charge is 0.494 e. The van der Waals surface area contributed by atoms with Crippen molar-refractivity contribution in [2.45, 2.75) is 49.8 Å². The molecule has 0 aliphatic rings. The number of benzene rings is 3. The van der Waals surface area contributed by atoms with Gasteiger partial charge < -0.3 is 15.8 Å². The minimum Gasteiger partial charge on any atom is -0.494 e. The molecule has 3 aromatic carbocycles. The molecular formula is C26H33BrN2OS. The van der Waals surface area contributed by atoms with Crippen LogP contribution in [0.5, 0.6) is 5.75 Å². The van der Waals surface area contributed by atoms with Gasteiger partial charge in [0.2, 0.25) is 0 Å². The first-order valence-electron chi connectivity index (χ1n) is 10.6. The Kier molecular flexibility index (Phi) is 10.3. The van der Waals surface area contributed by atoms with Crippen LogP contribution in [0.1, 0.15) is 44.2 Å². The van der Waals surface area contributed by atoms with E-state index in [9.17, 15) is 0 Å². The zero-order valence-electron chi connectivity index (χ0n) is 19.0. The normalized spacial score (nSPS) is 10.4. The van der Waals surface area contributed by atoms with Crippen LogP contribution in [0.15, 0.2) is 74.9 Å². The summed E-state index contributed by atoms with van der Waals surface area (Å²) < 4.78 is 6.38. The molecule has 0 aliphatic heterocycles. The number of nitrogen functional groups attached to an aromatic ring is 1. The number of nitrogens with one attached hydrogen (secondary N) is 1. The van der Waals surface area contributed by atoms with Gasteiger partial charge in [-0.05, 0) is 59.0 Å². The summed E-state index contributed by atoms with van der Waals surface area (Å²) in [5, 5.41) is 3.32. The first-order chi connectivity index (χ1) is 14.9. The molecule has 0 spiro atoms. The van der Waals surface area contributed by atoms with E-state index in [1.54, 1.807) is 18.9 Å². The van der Waals surface area contributed by atoms with Crippen molar-refractivity contribution in [3.63, 3.8) is 0 Å². The van der Waals surface area contributed by atoms with Crippen LogP contribution in [0, 0.1) is 6.92 Å². The van der Waals surface area contributed by atoms with Crippen molar-refractivity contribution in [2.24, 2.45) is 0 Å². The second-order valence-corrected chi connectivity index (χ2v) is 9.50. The minimum atomic E-state index is 0.653. The second-order valence-electron chi connectivity index (χ2n) is 7.59. The summed E-state index contributed by atoms with van der Waals surface area (Å²) >= 11 is 5.26. The van der Waals surface area contributed by atoms with Crippen LogP contribution >= 0.6 is 27.7 Å². The van der Waals surface area contributed by atoms with Gasteiger partial charge in [-0.2, -0.15) is 0 Å². The van der Waals surface area contributed by atoms with Crippen molar-refractivity contribution in [1.29, 1.82) is 0 Å². The Morgan fingerprint density at radius 1 is 1.06 bits per heavy atom. The van der Waals surface area contributed by atoms with Gasteiger partial charge in [-0.1, -0.05) is 80.6 Å². The van der Waals surface area contributed by atoms with Gasteiger partial charge in [0.1, 0.15) is 11.4 Å². The number of ether oxygens (including phenoxy) is 1. The average molecular weight is 502 g/mol. The fourth-order valence-electron chi connectivity index (χ4n) is 2.86. The topological polar surface area (TPSA) is 47.3 Å². The zero-order chi connectivity index (χ0) is 22.8. The molecule has 0 fully saturated rings. The predicted molar refractivity (Wildman–Crippen MR) is 140 cm³/mol. The summed E-state index contributed by atoms with van der Waals surface area (Å²) in [4.78, 5) is 2.20. The SMILES string of the molecule is CCCNc1c(OC)cc(Sc2ccccc2)c(Br)c1N.Cc1ccc(C(C)C)cc1. The van der Waals surface area contributed by atoms with Crippen molar-refractivity contribution in [3.05, 3.63) is 76.3 Å². The van der Waals surface area contributed by atoms with Crippen LogP contribution in [-0.4, -0.2) is 13.7 Å². The Morgan fingerprint density at radius 2 is 1.71 bits per heavy atom. The number of hydrogen-bond acceptors (Lipinski definition) is 4. The molecule has 0 aromatic heterocycles. The second kappa shape index (κ2) is 12.7. The molecule has 3 aromatic rings. The lowest BCUT2D eigenvalue weighted by Crippen LogP contribution is -2.06. The molecule has 31 heavy (non-hydrogen) atoms. The maximum Gasteiger partial charge on any atom is 0.145 e. The van der Waals surface area contributed by atoms with Crippen LogP contribution in [0.3, 0.4) is 0 Å². The number of rotatable bonds is 7. The first kappa shape index (κ1) is 25.2. The number of anilines is 2. The number of hydrogen-bond donors (Lipinski definition) is 2. The third-order valence-electron chi connectivity index (χ3n) is 4.72. The molecule has 0 radical (unpaired) electrons. The van der Waals surface area contributed by atoms with E-state index in [-0.39, 0.29) is 0 Å². The summed E-state index contributed by atoms with van der Waals surface area (Å²) in [5.74, 6) is 1.42.